The van der Waals surface area contributed by atoms with E-state index in [0.717, 1.165) is 50.0 Å². The highest BCUT2D eigenvalue weighted by Crippen LogP contribution is 2.15. The molecule has 0 bridgehead atoms. The van der Waals surface area contributed by atoms with Crippen LogP contribution in [-0.2, 0) is 19.4 Å². The summed E-state index contributed by atoms with van der Waals surface area (Å²) < 4.78 is 1.81. The molecule has 1 aromatic rings. The second kappa shape index (κ2) is 5.22. The van der Waals surface area contributed by atoms with Crippen LogP contribution < -0.4 is 10.9 Å². The molecule has 2 heterocycles. The maximum Gasteiger partial charge on any atom is 0.256 e. The number of fused-ring (bicyclic) bond motifs is 1. The van der Waals surface area contributed by atoms with Gasteiger partial charge in [0.1, 0.15) is 0 Å². The first-order valence-corrected chi connectivity index (χ1v) is 7.15. The molecule has 1 atom stereocenters. The Labute approximate surface area is 107 Å². The van der Waals surface area contributed by atoms with Crippen LogP contribution in [-0.4, -0.2) is 22.1 Å². The lowest BCUT2D eigenvalue weighted by Gasteiger charge is -2.23. The van der Waals surface area contributed by atoms with E-state index in [2.05, 4.69) is 10.3 Å². The fourth-order valence-corrected chi connectivity index (χ4v) is 3.09. The molecule has 0 radical (unpaired) electrons. The van der Waals surface area contributed by atoms with Crippen molar-refractivity contribution < 1.29 is 0 Å². The smallest absolute Gasteiger partial charge is 0.256 e. The predicted molar refractivity (Wildman–Crippen MR) is 70.8 cm³/mol. The summed E-state index contributed by atoms with van der Waals surface area (Å²) in [5, 5.41) is 3.53. The van der Waals surface area contributed by atoms with Crippen molar-refractivity contribution in [1.82, 2.24) is 14.9 Å². The van der Waals surface area contributed by atoms with Gasteiger partial charge in [0.15, 0.2) is 0 Å². The highest BCUT2D eigenvalue weighted by molar-refractivity contribution is 5.21. The van der Waals surface area contributed by atoms with Crippen LogP contribution in [0.3, 0.4) is 0 Å². The molecule has 2 aliphatic rings. The maximum absolute atomic E-state index is 12.2. The van der Waals surface area contributed by atoms with E-state index in [1.165, 1.54) is 19.3 Å². The molecule has 0 aromatic carbocycles. The van der Waals surface area contributed by atoms with Crippen molar-refractivity contribution in [3.63, 3.8) is 0 Å². The number of rotatable bonds is 3. The molecule has 1 aromatic heterocycles. The summed E-state index contributed by atoms with van der Waals surface area (Å²) >= 11 is 0. The molecule has 1 aliphatic heterocycles. The molecule has 1 saturated heterocycles. The van der Waals surface area contributed by atoms with Crippen LogP contribution in [0.1, 0.15) is 43.4 Å². The number of hydrogen-bond acceptors (Lipinski definition) is 3. The molecule has 4 nitrogen and oxygen atoms in total. The van der Waals surface area contributed by atoms with Crippen molar-refractivity contribution in [2.75, 3.05) is 6.54 Å². The molecular formula is C14H21N3O. The van der Waals surface area contributed by atoms with Crippen LogP contribution in [0.25, 0.3) is 0 Å². The SMILES string of the molecule is O=c1c2c(ncn1CCC1CCCCN1)CCC2. The molecule has 0 amide bonds. The Balaban J connectivity index is 1.68. The van der Waals surface area contributed by atoms with Crippen molar-refractivity contribution in [1.29, 1.82) is 0 Å². The molecule has 1 aliphatic carbocycles. The standard InChI is InChI=1S/C14H21N3O/c18-14-12-5-3-6-13(12)16-10-17(14)9-7-11-4-1-2-8-15-11/h10-11,15H,1-9H2. The van der Waals surface area contributed by atoms with Crippen molar-refractivity contribution in [2.24, 2.45) is 0 Å². The van der Waals surface area contributed by atoms with E-state index in [1.54, 1.807) is 10.9 Å². The first-order chi connectivity index (χ1) is 8.84. The summed E-state index contributed by atoms with van der Waals surface area (Å²) in [6, 6.07) is 0.582. The highest BCUT2D eigenvalue weighted by Gasteiger charge is 2.18. The molecule has 1 fully saturated rings. The largest absolute Gasteiger partial charge is 0.314 e. The summed E-state index contributed by atoms with van der Waals surface area (Å²) in [6.07, 6.45) is 9.62. The quantitative estimate of drug-likeness (QED) is 0.875. The van der Waals surface area contributed by atoms with E-state index in [1.807, 2.05) is 0 Å². The van der Waals surface area contributed by atoms with Crippen molar-refractivity contribution in [3.8, 4) is 0 Å². The second-order valence-electron chi connectivity index (χ2n) is 5.46. The van der Waals surface area contributed by atoms with E-state index in [-0.39, 0.29) is 5.56 Å². The first kappa shape index (κ1) is 11.9. The van der Waals surface area contributed by atoms with Gasteiger partial charge in [-0.25, -0.2) is 4.98 Å². The fraction of sp³-hybridized carbons (Fsp3) is 0.714. The summed E-state index contributed by atoms with van der Waals surface area (Å²) in [5.74, 6) is 0. The van der Waals surface area contributed by atoms with Gasteiger partial charge < -0.3 is 5.32 Å². The summed E-state index contributed by atoms with van der Waals surface area (Å²) in [4.78, 5) is 16.7. The van der Waals surface area contributed by atoms with Crippen LogP contribution in [0.15, 0.2) is 11.1 Å². The van der Waals surface area contributed by atoms with Gasteiger partial charge in [0.25, 0.3) is 5.56 Å². The van der Waals surface area contributed by atoms with Gasteiger partial charge in [0, 0.05) is 18.2 Å². The van der Waals surface area contributed by atoms with Gasteiger partial charge in [-0.15, -0.1) is 0 Å². The average Bonchev–Trinajstić information content (AvgIpc) is 2.88. The Kier molecular flexibility index (Phi) is 3.46. The Morgan fingerprint density at radius 3 is 3.11 bits per heavy atom. The number of piperidine rings is 1. The Hall–Kier alpha value is -1.16. The number of hydrogen-bond donors (Lipinski definition) is 1. The van der Waals surface area contributed by atoms with Crippen LogP contribution in [0.2, 0.25) is 0 Å². The number of nitrogens with one attached hydrogen (secondary N) is 1. The molecule has 4 heteroatoms. The zero-order valence-corrected chi connectivity index (χ0v) is 10.8. The minimum Gasteiger partial charge on any atom is -0.314 e. The Morgan fingerprint density at radius 2 is 2.28 bits per heavy atom. The lowest BCUT2D eigenvalue weighted by molar-refractivity contribution is 0.364. The van der Waals surface area contributed by atoms with E-state index in [9.17, 15) is 4.79 Å². The van der Waals surface area contributed by atoms with E-state index in [0.29, 0.717) is 6.04 Å². The fourth-order valence-electron chi connectivity index (χ4n) is 3.09. The lowest BCUT2D eigenvalue weighted by atomic mass is 10.0. The van der Waals surface area contributed by atoms with Crippen LogP contribution >= 0.6 is 0 Å². The van der Waals surface area contributed by atoms with Gasteiger partial charge in [-0.1, -0.05) is 6.42 Å². The van der Waals surface area contributed by atoms with Gasteiger partial charge in [-0.3, -0.25) is 9.36 Å². The molecular weight excluding hydrogens is 226 g/mol. The minimum absolute atomic E-state index is 0.202. The third-order valence-corrected chi connectivity index (χ3v) is 4.19. The Bertz CT molecular complexity index is 474. The van der Waals surface area contributed by atoms with Gasteiger partial charge in [-0.05, 0) is 45.1 Å². The number of aromatic nitrogens is 2. The minimum atomic E-state index is 0.202. The van der Waals surface area contributed by atoms with E-state index < -0.39 is 0 Å². The van der Waals surface area contributed by atoms with Gasteiger partial charge in [0.2, 0.25) is 0 Å². The van der Waals surface area contributed by atoms with Crippen molar-refractivity contribution >= 4 is 0 Å². The lowest BCUT2D eigenvalue weighted by Crippen LogP contribution is -2.36. The van der Waals surface area contributed by atoms with Crippen molar-refractivity contribution in [3.05, 3.63) is 27.9 Å². The van der Waals surface area contributed by atoms with Crippen LogP contribution in [0.4, 0.5) is 0 Å². The molecule has 0 saturated carbocycles. The third-order valence-electron chi connectivity index (χ3n) is 4.19. The zero-order chi connectivity index (χ0) is 12.4. The Morgan fingerprint density at radius 1 is 1.33 bits per heavy atom. The van der Waals surface area contributed by atoms with Crippen LogP contribution in [0.5, 0.6) is 0 Å². The average molecular weight is 247 g/mol. The first-order valence-electron chi connectivity index (χ1n) is 7.15. The maximum atomic E-state index is 12.2. The van der Waals surface area contributed by atoms with Crippen LogP contribution in [0, 0.1) is 0 Å². The molecule has 0 spiro atoms. The zero-order valence-electron chi connectivity index (χ0n) is 10.8. The van der Waals surface area contributed by atoms with E-state index >= 15 is 0 Å². The number of aryl methyl sites for hydroxylation is 2. The normalized spacial score (nSPS) is 23.0. The third kappa shape index (κ3) is 2.34. The summed E-state index contributed by atoms with van der Waals surface area (Å²) in [5.41, 5.74) is 2.20. The highest BCUT2D eigenvalue weighted by atomic mass is 16.1. The molecule has 18 heavy (non-hydrogen) atoms. The molecule has 98 valence electrons. The van der Waals surface area contributed by atoms with Gasteiger partial charge >= 0.3 is 0 Å². The molecule has 1 unspecified atom stereocenters. The summed E-state index contributed by atoms with van der Waals surface area (Å²) in [7, 11) is 0. The number of nitrogens with zero attached hydrogens (tertiary/aromatic N) is 2. The van der Waals surface area contributed by atoms with E-state index in [4.69, 9.17) is 0 Å². The molecule has 1 N–H and O–H groups in total. The molecule has 3 rings (SSSR count). The predicted octanol–water partition coefficient (Wildman–Crippen LogP) is 1.26. The summed E-state index contributed by atoms with van der Waals surface area (Å²) in [6.45, 7) is 1.93. The second-order valence-corrected chi connectivity index (χ2v) is 5.46. The van der Waals surface area contributed by atoms with Gasteiger partial charge in [0.05, 0.1) is 12.0 Å². The monoisotopic (exact) mass is 247 g/mol. The van der Waals surface area contributed by atoms with Gasteiger partial charge in [-0.2, -0.15) is 0 Å². The topological polar surface area (TPSA) is 46.9 Å². The van der Waals surface area contributed by atoms with Crippen molar-refractivity contribution in [2.45, 2.75) is 57.5 Å².